The van der Waals surface area contributed by atoms with E-state index < -0.39 is 32.4 Å². The van der Waals surface area contributed by atoms with Crippen molar-refractivity contribution in [1.29, 1.82) is 0 Å². The first-order valence-electron chi connectivity index (χ1n) is 9.99. The molecule has 33 heavy (non-hydrogen) atoms. The van der Waals surface area contributed by atoms with Gasteiger partial charge in [0.05, 0.1) is 16.8 Å². The number of anilines is 2. The molecule has 0 spiro atoms. The molecule has 1 fully saturated rings. The van der Waals surface area contributed by atoms with Crippen LogP contribution in [0.15, 0.2) is 57.3 Å². The molecule has 0 aliphatic carbocycles. The Hall–Kier alpha value is -1.76. The van der Waals surface area contributed by atoms with Crippen molar-refractivity contribution >= 4 is 59.7 Å². The Morgan fingerprint density at radius 2 is 2.09 bits per heavy atom. The highest BCUT2D eigenvalue weighted by molar-refractivity contribution is 9.10. The molecule has 1 aromatic heterocycles. The highest BCUT2D eigenvalue weighted by atomic mass is 79.9. The van der Waals surface area contributed by atoms with Crippen LogP contribution in [-0.4, -0.2) is 43.2 Å². The van der Waals surface area contributed by atoms with Gasteiger partial charge in [0.1, 0.15) is 10.7 Å². The standard InChI is InChI=1S/C21H21BrClFN4O3S2/c22-14-3-1-13(2-4-14)9-21(10-15(29)11-27-21)12-26-18-8-17(24)19(7-16(18)23)33(30,31)28-20-25-5-6-32-20/h1-8,15,26-27,29H,9-12H2,(H,25,28)/t15-,21-/m0/s1. The SMILES string of the molecule is O=S(=O)(Nc1nccs1)c1cc(Cl)c(NC[C@]2(Cc3ccc(Br)cc3)C[C@H](O)CN2)cc1F. The lowest BCUT2D eigenvalue weighted by atomic mass is 9.88. The Labute approximate surface area is 208 Å². The topological polar surface area (TPSA) is 103 Å². The smallest absolute Gasteiger partial charge is 0.266 e. The molecule has 0 amide bonds. The number of aromatic nitrogens is 1. The maximum Gasteiger partial charge on any atom is 0.266 e. The zero-order valence-electron chi connectivity index (χ0n) is 17.2. The Kier molecular flexibility index (Phi) is 7.27. The van der Waals surface area contributed by atoms with Gasteiger partial charge in [0.25, 0.3) is 10.0 Å². The average Bonchev–Trinajstić information content (AvgIpc) is 3.39. The maximum absolute atomic E-state index is 14.8. The molecule has 176 valence electrons. The number of thiazole rings is 1. The number of aliphatic hydroxyl groups is 1. The van der Waals surface area contributed by atoms with Gasteiger partial charge < -0.3 is 15.7 Å². The third-order valence-electron chi connectivity index (χ3n) is 5.38. The number of aliphatic hydroxyl groups excluding tert-OH is 1. The molecule has 12 heteroatoms. The van der Waals surface area contributed by atoms with Gasteiger partial charge in [0, 0.05) is 34.7 Å². The predicted molar refractivity (Wildman–Crippen MR) is 132 cm³/mol. The molecule has 0 radical (unpaired) electrons. The number of hydrogen-bond acceptors (Lipinski definition) is 7. The fraction of sp³-hybridized carbons (Fsp3) is 0.286. The fourth-order valence-electron chi connectivity index (χ4n) is 3.83. The van der Waals surface area contributed by atoms with E-state index in [0.717, 1.165) is 33.5 Å². The van der Waals surface area contributed by atoms with E-state index >= 15 is 0 Å². The number of sulfonamides is 1. The number of hydrogen-bond donors (Lipinski definition) is 4. The number of nitrogens with zero attached hydrogens (tertiary/aromatic N) is 1. The Bertz CT molecular complexity index is 1230. The van der Waals surface area contributed by atoms with Crippen molar-refractivity contribution in [2.45, 2.75) is 29.4 Å². The van der Waals surface area contributed by atoms with Crippen LogP contribution in [0.3, 0.4) is 0 Å². The van der Waals surface area contributed by atoms with Crippen LogP contribution in [0.25, 0.3) is 0 Å². The van der Waals surface area contributed by atoms with E-state index in [2.05, 4.69) is 36.3 Å². The first-order valence-corrected chi connectivity index (χ1v) is 13.5. The van der Waals surface area contributed by atoms with Crippen LogP contribution < -0.4 is 15.4 Å². The van der Waals surface area contributed by atoms with Crippen LogP contribution in [0.1, 0.15) is 12.0 Å². The molecule has 0 bridgehead atoms. The minimum Gasteiger partial charge on any atom is -0.392 e. The molecule has 2 heterocycles. The fourth-order valence-corrected chi connectivity index (χ4v) is 6.27. The maximum atomic E-state index is 14.8. The van der Waals surface area contributed by atoms with E-state index in [9.17, 15) is 17.9 Å². The first kappa shape index (κ1) is 24.4. The van der Waals surface area contributed by atoms with Crippen LogP contribution in [0.4, 0.5) is 15.2 Å². The summed E-state index contributed by atoms with van der Waals surface area (Å²) in [6.45, 7) is 0.794. The van der Waals surface area contributed by atoms with Gasteiger partial charge in [0.15, 0.2) is 5.13 Å². The normalized spacial score (nSPS) is 20.7. The van der Waals surface area contributed by atoms with Crippen molar-refractivity contribution in [3.05, 3.63) is 68.9 Å². The van der Waals surface area contributed by atoms with Crippen LogP contribution in [0, 0.1) is 5.82 Å². The predicted octanol–water partition coefficient (Wildman–Crippen LogP) is 4.25. The first-order chi connectivity index (χ1) is 15.7. The number of rotatable bonds is 8. The summed E-state index contributed by atoms with van der Waals surface area (Å²) in [6.07, 6.45) is 2.07. The van der Waals surface area contributed by atoms with Gasteiger partial charge in [-0.1, -0.05) is 39.7 Å². The van der Waals surface area contributed by atoms with Gasteiger partial charge in [-0.05, 0) is 42.7 Å². The second-order valence-electron chi connectivity index (χ2n) is 7.88. The van der Waals surface area contributed by atoms with Crippen LogP contribution in [0.5, 0.6) is 0 Å². The van der Waals surface area contributed by atoms with Crippen LogP contribution in [0.2, 0.25) is 5.02 Å². The van der Waals surface area contributed by atoms with Crippen molar-refractivity contribution in [2.75, 3.05) is 23.1 Å². The van der Waals surface area contributed by atoms with Gasteiger partial charge in [-0.3, -0.25) is 4.72 Å². The van der Waals surface area contributed by atoms with Crippen LogP contribution >= 0.6 is 38.9 Å². The van der Waals surface area contributed by atoms with Gasteiger partial charge in [0.2, 0.25) is 0 Å². The Morgan fingerprint density at radius 1 is 1.33 bits per heavy atom. The van der Waals surface area contributed by atoms with Crippen molar-refractivity contribution in [2.24, 2.45) is 0 Å². The van der Waals surface area contributed by atoms with Gasteiger partial charge >= 0.3 is 0 Å². The molecule has 0 saturated carbocycles. The highest BCUT2D eigenvalue weighted by Crippen LogP contribution is 2.32. The Balaban J connectivity index is 1.53. The van der Waals surface area contributed by atoms with E-state index in [1.807, 2.05) is 24.3 Å². The summed E-state index contributed by atoms with van der Waals surface area (Å²) in [7, 11) is -4.19. The summed E-state index contributed by atoms with van der Waals surface area (Å²) in [5.41, 5.74) is 0.860. The lowest BCUT2D eigenvalue weighted by Gasteiger charge is -2.31. The summed E-state index contributed by atoms with van der Waals surface area (Å²) >= 11 is 10.8. The summed E-state index contributed by atoms with van der Waals surface area (Å²) in [4.78, 5) is 3.29. The molecule has 0 unspecified atom stereocenters. The third-order valence-corrected chi connectivity index (χ3v) is 8.39. The molecule has 4 N–H and O–H groups in total. The molecule has 2 atom stereocenters. The largest absolute Gasteiger partial charge is 0.392 e. The van der Waals surface area contributed by atoms with Gasteiger partial charge in [-0.25, -0.2) is 17.8 Å². The van der Waals surface area contributed by atoms with Crippen molar-refractivity contribution in [3.8, 4) is 0 Å². The Morgan fingerprint density at radius 3 is 2.73 bits per heavy atom. The average molecular weight is 576 g/mol. The second-order valence-corrected chi connectivity index (χ2v) is 11.7. The summed E-state index contributed by atoms with van der Waals surface area (Å²) in [5, 5.41) is 18.5. The van der Waals surface area contributed by atoms with E-state index in [-0.39, 0.29) is 15.8 Å². The zero-order chi connectivity index (χ0) is 23.6. The van der Waals surface area contributed by atoms with E-state index in [1.165, 1.54) is 6.20 Å². The van der Waals surface area contributed by atoms with Gasteiger partial charge in [-0.15, -0.1) is 11.3 Å². The van der Waals surface area contributed by atoms with E-state index in [4.69, 9.17) is 11.6 Å². The van der Waals surface area contributed by atoms with Crippen LogP contribution in [-0.2, 0) is 16.4 Å². The summed E-state index contributed by atoms with van der Waals surface area (Å²) in [6, 6.07) is 10.0. The molecular formula is C21H21BrClFN4O3S2. The number of nitrogens with one attached hydrogen (secondary N) is 3. The number of halogens is 3. The van der Waals surface area contributed by atoms with E-state index in [0.29, 0.717) is 25.9 Å². The molecule has 4 rings (SSSR count). The lowest BCUT2D eigenvalue weighted by molar-refractivity contribution is 0.185. The highest BCUT2D eigenvalue weighted by Gasteiger charge is 2.38. The summed E-state index contributed by atoms with van der Waals surface area (Å²) in [5.74, 6) is -0.938. The molecule has 1 saturated heterocycles. The minimum atomic E-state index is -4.19. The van der Waals surface area contributed by atoms with Gasteiger partial charge in [-0.2, -0.15) is 0 Å². The number of benzene rings is 2. The quantitative estimate of drug-likeness (QED) is 0.320. The molecular weight excluding hydrogens is 555 g/mol. The van der Waals surface area contributed by atoms with Crippen molar-refractivity contribution in [1.82, 2.24) is 10.3 Å². The number of β-amino-alcohol motifs (C(OH)–C–C–N with tert-alkyl or cyclic N) is 1. The van der Waals surface area contributed by atoms with Crippen molar-refractivity contribution in [3.63, 3.8) is 0 Å². The molecule has 2 aromatic carbocycles. The van der Waals surface area contributed by atoms with E-state index in [1.54, 1.807) is 5.38 Å². The summed E-state index contributed by atoms with van der Waals surface area (Å²) < 4.78 is 43.1. The van der Waals surface area contributed by atoms with Crippen molar-refractivity contribution < 1.29 is 17.9 Å². The molecule has 1 aliphatic heterocycles. The molecule has 7 nitrogen and oxygen atoms in total. The monoisotopic (exact) mass is 574 g/mol. The second kappa shape index (κ2) is 9.85. The minimum absolute atomic E-state index is 0.0632. The lowest BCUT2D eigenvalue weighted by Crippen LogP contribution is -2.48. The third kappa shape index (κ3) is 5.84. The molecule has 3 aromatic rings. The molecule has 1 aliphatic rings. The zero-order valence-corrected chi connectivity index (χ0v) is 21.2.